The quantitative estimate of drug-likeness (QED) is 0.338. The van der Waals surface area contributed by atoms with Gasteiger partial charge >= 0.3 is 0 Å². The molecular formula is C28H46O. The first-order valence-corrected chi connectivity index (χ1v) is 13.0. The Morgan fingerprint density at radius 1 is 0.690 bits per heavy atom. The molecule has 0 bridgehead atoms. The second kappa shape index (κ2) is 12.7. The monoisotopic (exact) mass is 398 g/mol. The molecule has 2 saturated carbocycles. The van der Waals surface area contributed by atoms with Gasteiger partial charge in [0.25, 0.3) is 0 Å². The molecule has 0 atom stereocenters. The lowest BCUT2D eigenvalue weighted by Gasteiger charge is -2.28. The highest BCUT2D eigenvalue weighted by Crippen LogP contribution is 2.37. The van der Waals surface area contributed by atoms with Crippen molar-refractivity contribution in [3.63, 3.8) is 0 Å². The maximum Gasteiger partial charge on any atom is 0.119 e. The van der Waals surface area contributed by atoms with Gasteiger partial charge in [-0.25, -0.2) is 0 Å². The Bertz CT molecular complexity index is 532. The van der Waals surface area contributed by atoms with Gasteiger partial charge < -0.3 is 4.74 Å². The number of hydrogen-bond acceptors (Lipinski definition) is 1. The van der Waals surface area contributed by atoms with E-state index in [1.54, 1.807) is 0 Å². The van der Waals surface area contributed by atoms with Gasteiger partial charge in [-0.3, -0.25) is 0 Å². The van der Waals surface area contributed by atoms with E-state index >= 15 is 0 Å². The van der Waals surface area contributed by atoms with Gasteiger partial charge in [-0.1, -0.05) is 83.8 Å². The van der Waals surface area contributed by atoms with E-state index in [1.165, 1.54) is 102 Å². The lowest BCUT2D eigenvalue weighted by atomic mass is 9.78. The average Bonchev–Trinajstić information content (AvgIpc) is 2.78. The highest BCUT2D eigenvalue weighted by Gasteiger charge is 2.22. The van der Waals surface area contributed by atoms with Crippen molar-refractivity contribution in [2.45, 2.75) is 116 Å². The van der Waals surface area contributed by atoms with Crippen molar-refractivity contribution in [2.75, 3.05) is 6.61 Å². The zero-order valence-electron chi connectivity index (χ0n) is 19.3. The van der Waals surface area contributed by atoms with Crippen LogP contribution in [0.3, 0.4) is 0 Å². The molecule has 1 aromatic rings. The lowest BCUT2D eigenvalue weighted by Crippen LogP contribution is -2.15. The Morgan fingerprint density at radius 2 is 1.28 bits per heavy atom. The van der Waals surface area contributed by atoms with Crippen molar-refractivity contribution in [3.05, 3.63) is 29.8 Å². The van der Waals surface area contributed by atoms with E-state index in [9.17, 15) is 0 Å². The fourth-order valence-corrected chi connectivity index (χ4v) is 5.79. The molecule has 0 unspecified atom stereocenters. The van der Waals surface area contributed by atoms with Gasteiger partial charge in [0.15, 0.2) is 0 Å². The van der Waals surface area contributed by atoms with Crippen molar-refractivity contribution in [1.29, 1.82) is 0 Å². The summed E-state index contributed by atoms with van der Waals surface area (Å²) in [5.41, 5.74) is 1.53. The zero-order valence-corrected chi connectivity index (χ0v) is 19.3. The molecule has 3 rings (SSSR count). The molecule has 2 aliphatic carbocycles. The molecule has 0 heterocycles. The number of benzene rings is 1. The smallest absolute Gasteiger partial charge is 0.119 e. The normalized spacial score (nSPS) is 27.7. The largest absolute Gasteiger partial charge is 0.494 e. The van der Waals surface area contributed by atoms with Gasteiger partial charge in [0.2, 0.25) is 0 Å². The van der Waals surface area contributed by atoms with Crippen LogP contribution < -0.4 is 4.74 Å². The molecule has 0 N–H and O–H groups in total. The molecule has 2 aliphatic rings. The maximum absolute atomic E-state index is 6.06. The molecule has 164 valence electrons. The second-order valence-electron chi connectivity index (χ2n) is 10.1. The van der Waals surface area contributed by atoms with Crippen LogP contribution in [-0.2, 0) is 0 Å². The Hall–Kier alpha value is -0.980. The van der Waals surface area contributed by atoms with Crippen LogP contribution in [0.25, 0.3) is 0 Å². The van der Waals surface area contributed by atoms with Crippen LogP contribution in [0.1, 0.15) is 122 Å². The van der Waals surface area contributed by atoms with Crippen molar-refractivity contribution >= 4 is 0 Å². The first-order chi connectivity index (χ1) is 14.3. The average molecular weight is 399 g/mol. The number of unbranched alkanes of at least 4 members (excludes halogenated alkanes) is 2. The second-order valence-corrected chi connectivity index (χ2v) is 10.1. The fourth-order valence-electron chi connectivity index (χ4n) is 5.79. The molecule has 1 aromatic carbocycles. The summed E-state index contributed by atoms with van der Waals surface area (Å²) in [5, 5.41) is 0. The van der Waals surface area contributed by atoms with E-state index in [0.29, 0.717) is 0 Å². The first-order valence-electron chi connectivity index (χ1n) is 13.0. The van der Waals surface area contributed by atoms with Crippen LogP contribution in [-0.4, -0.2) is 6.61 Å². The Labute approximate surface area is 181 Å². The Kier molecular flexibility index (Phi) is 9.91. The molecular weight excluding hydrogens is 352 g/mol. The summed E-state index contributed by atoms with van der Waals surface area (Å²) in [7, 11) is 0. The van der Waals surface area contributed by atoms with Crippen LogP contribution >= 0.6 is 0 Å². The molecule has 0 saturated heterocycles. The standard InChI is InChI=1S/C28H46O/c1-3-5-6-8-24-10-12-25(13-11-24)9-7-22-29-28-20-18-27(19-21-28)26-16-14-23(4-2)15-17-26/h18-21,23-26H,3-17,22H2,1-2H3/t23-,24-,25-,26-. The highest BCUT2D eigenvalue weighted by molar-refractivity contribution is 5.29. The summed E-state index contributed by atoms with van der Waals surface area (Å²) < 4.78 is 6.06. The minimum absolute atomic E-state index is 0.781. The topological polar surface area (TPSA) is 9.23 Å². The third-order valence-corrected chi connectivity index (χ3v) is 7.98. The van der Waals surface area contributed by atoms with Crippen molar-refractivity contribution in [3.8, 4) is 5.75 Å². The van der Waals surface area contributed by atoms with E-state index in [0.717, 1.165) is 36.0 Å². The van der Waals surface area contributed by atoms with Crippen LogP contribution in [0.5, 0.6) is 5.75 Å². The Balaban J connectivity index is 1.27. The minimum atomic E-state index is 0.781. The predicted octanol–water partition coefficient (Wildman–Crippen LogP) is 8.92. The van der Waals surface area contributed by atoms with Crippen LogP contribution in [0.15, 0.2) is 24.3 Å². The molecule has 29 heavy (non-hydrogen) atoms. The van der Waals surface area contributed by atoms with Gasteiger partial charge in [0.1, 0.15) is 5.75 Å². The number of hydrogen-bond donors (Lipinski definition) is 0. The summed E-state index contributed by atoms with van der Waals surface area (Å²) in [6.07, 6.45) is 21.1. The van der Waals surface area contributed by atoms with E-state index in [-0.39, 0.29) is 0 Å². The fraction of sp³-hybridized carbons (Fsp3) is 0.786. The third kappa shape index (κ3) is 7.65. The summed E-state index contributed by atoms with van der Waals surface area (Å²) >= 11 is 0. The van der Waals surface area contributed by atoms with Crippen molar-refractivity contribution in [1.82, 2.24) is 0 Å². The summed E-state index contributed by atoms with van der Waals surface area (Å²) in [6.45, 7) is 5.54. The molecule has 0 radical (unpaired) electrons. The van der Waals surface area contributed by atoms with Crippen LogP contribution in [0, 0.1) is 17.8 Å². The SMILES string of the molecule is CCCCC[C@H]1CC[C@H](CCCOc2ccc([C@H]3CC[C@H](CC)CC3)cc2)CC1. The Morgan fingerprint density at radius 3 is 1.86 bits per heavy atom. The van der Waals surface area contributed by atoms with Crippen LogP contribution in [0.4, 0.5) is 0 Å². The molecule has 0 aromatic heterocycles. The summed E-state index contributed by atoms with van der Waals surface area (Å²) in [6, 6.07) is 9.07. The maximum atomic E-state index is 6.06. The van der Waals surface area contributed by atoms with Gasteiger partial charge in [-0.15, -0.1) is 0 Å². The minimum Gasteiger partial charge on any atom is -0.494 e. The van der Waals surface area contributed by atoms with E-state index in [2.05, 4.69) is 38.1 Å². The summed E-state index contributed by atoms with van der Waals surface area (Å²) in [5.74, 6) is 4.82. The molecule has 0 amide bonds. The van der Waals surface area contributed by atoms with Crippen molar-refractivity contribution < 1.29 is 4.74 Å². The van der Waals surface area contributed by atoms with Gasteiger partial charge in [0.05, 0.1) is 6.61 Å². The van der Waals surface area contributed by atoms with Crippen LogP contribution in [0.2, 0.25) is 0 Å². The molecule has 2 fully saturated rings. The molecule has 0 spiro atoms. The van der Waals surface area contributed by atoms with E-state index in [4.69, 9.17) is 4.74 Å². The van der Waals surface area contributed by atoms with Gasteiger partial charge in [0, 0.05) is 0 Å². The first kappa shape index (κ1) is 22.7. The zero-order chi connectivity index (χ0) is 20.3. The number of rotatable bonds is 11. The lowest BCUT2D eigenvalue weighted by molar-refractivity contribution is 0.228. The number of ether oxygens (including phenoxy) is 1. The van der Waals surface area contributed by atoms with Gasteiger partial charge in [-0.05, 0) is 79.9 Å². The molecule has 1 nitrogen and oxygen atoms in total. The summed E-state index contributed by atoms with van der Waals surface area (Å²) in [4.78, 5) is 0. The van der Waals surface area contributed by atoms with Gasteiger partial charge in [-0.2, -0.15) is 0 Å². The molecule has 0 aliphatic heterocycles. The third-order valence-electron chi connectivity index (χ3n) is 7.98. The molecule has 1 heteroatoms. The predicted molar refractivity (Wildman–Crippen MR) is 126 cm³/mol. The van der Waals surface area contributed by atoms with E-state index in [1.807, 2.05) is 0 Å². The van der Waals surface area contributed by atoms with Crippen molar-refractivity contribution in [2.24, 2.45) is 17.8 Å². The van der Waals surface area contributed by atoms with E-state index < -0.39 is 0 Å². The highest BCUT2D eigenvalue weighted by atomic mass is 16.5.